The van der Waals surface area contributed by atoms with Crippen molar-refractivity contribution in [1.29, 1.82) is 0 Å². The first-order chi connectivity index (χ1) is 8.11. The van der Waals surface area contributed by atoms with Crippen LogP contribution >= 0.6 is 0 Å². The normalized spacial score (nSPS) is 9.24. The van der Waals surface area contributed by atoms with Crippen LogP contribution in [0.2, 0.25) is 0 Å². The van der Waals surface area contributed by atoms with Gasteiger partial charge in [-0.05, 0) is 24.1 Å². The molecular weight excluding hydrogens is 220 g/mol. The molecule has 0 fully saturated rings. The summed E-state index contributed by atoms with van der Waals surface area (Å²) in [5, 5.41) is 0. The molecule has 0 aliphatic carbocycles. The van der Waals surface area contributed by atoms with E-state index in [1.165, 1.54) is 6.92 Å². The first-order valence-corrected chi connectivity index (χ1v) is 5.09. The molecule has 0 heterocycles. The molecule has 0 bridgehead atoms. The van der Waals surface area contributed by atoms with E-state index < -0.39 is 0 Å². The highest BCUT2D eigenvalue weighted by atomic mass is 16.5. The van der Waals surface area contributed by atoms with Gasteiger partial charge in [-0.15, -0.1) is 0 Å². The Morgan fingerprint density at radius 1 is 1.47 bits per heavy atom. The first-order valence-electron chi connectivity index (χ1n) is 5.09. The summed E-state index contributed by atoms with van der Waals surface area (Å²) in [6.45, 7) is 1.33. The van der Waals surface area contributed by atoms with Gasteiger partial charge in [0.25, 0.3) is 0 Å². The second kappa shape index (κ2) is 6.35. The third-order valence-corrected chi connectivity index (χ3v) is 2.02. The van der Waals surface area contributed by atoms with E-state index in [9.17, 15) is 9.59 Å². The van der Waals surface area contributed by atoms with Crippen LogP contribution in [0.15, 0.2) is 24.3 Å². The molecule has 1 rings (SSSR count). The second-order valence-corrected chi connectivity index (χ2v) is 3.45. The summed E-state index contributed by atoms with van der Waals surface area (Å²) < 4.78 is 4.92. The third kappa shape index (κ3) is 4.86. The van der Waals surface area contributed by atoms with Gasteiger partial charge in [0.1, 0.15) is 5.75 Å². The van der Waals surface area contributed by atoms with E-state index in [4.69, 9.17) is 10.3 Å². The molecule has 1 aromatic rings. The predicted molar refractivity (Wildman–Crippen MR) is 60.8 cm³/mol. The van der Waals surface area contributed by atoms with Crippen molar-refractivity contribution in [1.82, 2.24) is 0 Å². The van der Waals surface area contributed by atoms with Crippen molar-refractivity contribution in [3.8, 4) is 5.75 Å². The summed E-state index contributed by atoms with van der Waals surface area (Å²) in [6.07, 6.45) is 1.61. The number of hydrogen-bond acceptors (Lipinski definition) is 3. The van der Waals surface area contributed by atoms with E-state index >= 15 is 0 Å². The summed E-state index contributed by atoms with van der Waals surface area (Å²) in [5.41, 5.74) is 9.05. The van der Waals surface area contributed by atoms with Crippen LogP contribution in [0.5, 0.6) is 5.75 Å². The molecule has 0 aliphatic heterocycles. The van der Waals surface area contributed by atoms with E-state index in [1.807, 2.05) is 6.07 Å². The zero-order chi connectivity index (χ0) is 12.7. The molecule has 0 aliphatic rings. The van der Waals surface area contributed by atoms with Gasteiger partial charge in [0.05, 0.1) is 0 Å². The minimum absolute atomic E-state index is 0.244. The highest BCUT2D eigenvalue weighted by Crippen LogP contribution is 2.14. The standard InChI is InChI=1S/C12H12N2O3/c1-9(15)17-12-4-2-3-10(7-12)5-6-11(16)8-14-13/h2-4,7-8H,5-6H2,1H3. The summed E-state index contributed by atoms with van der Waals surface area (Å²) in [5.74, 6) is -0.186. The van der Waals surface area contributed by atoms with Crippen molar-refractivity contribution in [3.63, 3.8) is 0 Å². The monoisotopic (exact) mass is 232 g/mol. The maximum absolute atomic E-state index is 11.1. The quantitative estimate of drug-likeness (QED) is 0.253. The average molecular weight is 232 g/mol. The van der Waals surface area contributed by atoms with Crippen LogP contribution in [0.3, 0.4) is 0 Å². The lowest BCUT2D eigenvalue weighted by Gasteiger charge is -2.03. The number of ketones is 1. The van der Waals surface area contributed by atoms with E-state index in [1.54, 1.807) is 18.2 Å². The molecular formula is C12H12N2O3. The molecule has 1 aromatic carbocycles. The molecule has 0 N–H and O–H groups in total. The van der Waals surface area contributed by atoms with Crippen LogP contribution in [-0.4, -0.2) is 22.8 Å². The zero-order valence-electron chi connectivity index (χ0n) is 9.42. The first kappa shape index (κ1) is 12.8. The molecule has 0 unspecified atom stereocenters. The van der Waals surface area contributed by atoms with Crippen molar-refractivity contribution >= 4 is 18.0 Å². The van der Waals surface area contributed by atoms with E-state index in [-0.39, 0.29) is 18.2 Å². The third-order valence-electron chi connectivity index (χ3n) is 2.02. The molecule has 17 heavy (non-hydrogen) atoms. The molecule has 88 valence electrons. The fourth-order valence-corrected chi connectivity index (χ4v) is 1.33. The summed E-state index contributed by atoms with van der Waals surface area (Å²) >= 11 is 0. The number of nitrogens with zero attached hydrogens (tertiary/aromatic N) is 2. The predicted octanol–water partition coefficient (Wildman–Crippen LogP) is 1.41. The molecule has 0 saturated carbocycles. The van der Waals surface area contributed by atoms with Crippen molar-refractivity contribution in [2.45, 2.75) is 19.8 Å². The van der Waals surface area contributed by atoms with Gasteiger partial charge in [0.15, 0.2) is 0 Å². The van der Waals surface area contributed by atoms with Gasteiger partial charge in [0, 0.05) is 13.3 Å². The number of Topliss-reactive ketones (excluding diaryl/α,β-unsaturated/α-hetero) is 1. The molecule has 0 saturated heterocycles. The lowest BCUT2D eigenvalue weighted by molar-refractivity contribution is -0.131. The van der Waals surface area contributed by atoms with E-state index in [2.05, 4.69) is 4.79 Å². The Labute approximate surface area is 98.6 Å². The van der Waals surface area contributed by atoms with Crippen LogP contribution in [-0.2, 0) is 16.0 Å². The van der Waals surface area contributed by atoms with Crippen LogP contribution in [0.25, 0.3) is 5.53 Å². The Morgan fingerprint density at radius 2 is 2.24 bits per heavy atom. The molecule has 0 radical (unpaired) electrons. The Hall–Kier alpha value is -2.26. The Bertz CT molecular complexity index is 476. The minimum Gasteiger partial charge on any atom is -0.427 e. The van der Waals surface area contributed by atoms with Gasteiger partial charge >= 0.3 is 12.2 Å². The fraction of sp³-hybridized carbons (Fsp3) is 0.250. The topological polar surface area (TPSA) is 79.8 Å². The number of benzene rings is 1. The number of carbonyl (C=O) groups excluding carboxylic acids is 2. The number of aryl methyl sites for hydroxylation is 1. The lowest BCUT2D eigenvalue weighted by Crippen LogP contribution is -2.03. The van der Waals surface area contributed by atoms with Crippen molar-refractivity contribution < 1.29 is 19.1 Å². The Morgan fingerprint density at radius 3 is 2.88 bits per heavy atom. The van der Waals surface area contributed by atoms with Gasteiger partial charge in [-0.2, -0.15) is 4.79 Å². The number of esters is 1. The van der Waals surface area contributed by atoms with E-state index in [0.717, 1.165) is 11.8 Å². The van der Waals surface area contributed by atoms with Gasteiger partial charge in [-0.25, -0.2) is 0 Å². The van der Waals surface area contributed by atoms with Gasteiger partial charge in [0.2, 0.25) is 5.78 Å². The summed E-state index contributed by atoms with van der Waals surface area (Å²) in [6, 6.07) is 6.95. The lowest BCUT2D eigenvalue weighted by atomic mass is 10.1. The average Bonchev–Trinajstić information content (AvgIpc) is 2.26. The largest absolute Gasteiger partial charge is 0.427 e. The summed E-state index contributed by atoms with van der Waals surface area (Å²) in [7, 11) is 0. The smallest absolute Gasteiger partial charge is 0.323 e. The van der Waals surface area contributed by atoms with Crippen LogP contribution in [0.1, 0.15) is 18.9 Å². The molecule has 5 nitrogen and oxygen atoms in total. The van der Waals surface area contributed by atoms with Crippen molar-refractivity contribution in [3.05, 3.63) is 35.4 Å². The summed E-state index contributed by atoms with van der Waals surface area (Å²) in [4.78, 5) is 24.5. The van der Waals surface area contributed by atoms with Crippen LogP contribution in [0, 0.1) is 0 Å². The molecule has 0 atom stereocenters. The van der Waals surface area contributed by atoms with Gasteiger partial charge in [-0.3, -0.25) is 9.59 Å². The molecule has 0 amide bonds. The fourth-order valence-electron chi connectivity index (χ4n) is 1.33. The molecule has 0 spiro atoms. The second-order valence-electron chi connectivity index (χ2n) is 3.45. The Kier molecular flexibility index (Phi) is 4.78. The maximum Gasteiger partial charge on any atom is 0.323 e. The van der Waals surface area contributed by atoms with Crippen molar-refractivity contribution in [2.75, 3.05) is 0 Å². The number of ether oxygens (including phenoxy) is 1. The van der Waals surface area contributed by atoms with E-state index in [0.29, 0.717) is 12.2 Å². The van der Waals surface area contributed by atoms with Crippen LogP contribution in [0.4, 0.5) is 0 Å². The highest BCUT2D eigenvalue weighted by Gasteiger charge is 2.05. The van der Waals surface area contributed by atoms with Crippen LogP contribution < -0.4 is 4.74 Å². The van der Waals surface area contributed by atoms with Gasteiger partial charge in [-0.1, -0.05) is 12.1 Å². The number of hydrogen-bond donors (Lipinski definition) is 0. The maximum atomic E-state index is 11.1. The molecule has 5 heteroatoms. The Balaban J connectivity index is 2.62. The molecule has 0 aromatic heterocycles. The highest BCUT2D eigenvalue weighted by molar-refractivity contribution is 6.25. The number of carbonyl (C=O) groups is 2. The van der Waals surface area contributed by atoms with Gasteiger partial charge < -0.3 is 10.3 Å². The minimum atomic E-state index is -0.384. The van der Waals surface area contributed by atoms with Crippen molar-refractivity contribution in [2.24, 2.45) is 0 Å². The SMILES string of the molecule is CC(=O)Oc1cccc(CCC(=O)C=[N+]=[N-])c1. The number of rotatable bonds is 5. The zero-order valence-corrected chi connectivity index (χ0v) is 9.42.